The van der Waals surface area contributed by atoms with Crippen LogP contribution < -0.4 is 5.73 Å². The number of esters is 1. The maximum absolute atomic E-state index is 11.9. The van der Waals surface area contributed by atoms with Crippen LogP contribution in [0.4, 0.5) is 0 Å². The highest BCUT2D eigenvalue weighted by atomic mass is 16.5. The summed E-state index contributed by atoms with van der Waals surface area (Å²) in [5.41, 5.74) is 7.61. The second-order valence-electron chi connectivity index (χ2n) is 4.90. The van der Waals surface area contributed by atoms with E-state index in [1.807, 2.05) is 31.2 Å². The Labute approximate surface area is 116 Å². The van der Waals surface area contributed by atoms with Crippen molar-refractivity contribution < 1.29 is 9.53 Å². The first-order valence-corrected chi connectivity index (χ1v) is 7.14. The molecule has 3 heteroatoms. The zero-order valence-electron chi connectivity index (χ0n) is 12.0. The predicted molar refractivity (Wildman–Crippen MR) is 77.8 cm³/mol. The average molecular weight is 263 g/mol. The molecule has 1 unspecified atom stereocenters. The van der Waals surface area contributed by atoms with E-state index in [-0.39, 0.29) is 11.9 Å². The van der Waals surface area contributed by atoms with Gasteiger partial charge in [0, 0.05) is 6.54 Å². The summed E-state index contributed by atoms with van der Waals surface area (Å²) in [6.07, 6.45) is 4.48. The molecule has 0 amide bonds. The predicted octanol–water partition coefficient (Wildman–Crippen LogP) is 3.37. The third-order valence-corrected chi connectivity index (χ3v) is 3.31. The summed E-state index contributed by atoms with van der Waals surface area (Å²) in [6, 6.07) is 7.82. The lowest BCUT2D eigenvalue weighted by atomic mass is 10.00. The molecule has 0 heterocycles. The van der Waals surface area contributed by atoms with Crippen molar-refractivity contribution >= 4 is 5.97 Å². The number of ether oxygens (including phenoxy) is 1. The Kier molecular flexibility index (Phi) is 7.19. The minimum absolute atomic E-state index is 0.142. The lowest BCUT2D eigenvalue weighted by molar-refractivity contribution is -0.145. The molecular weight excluding hydrogens is 238 g/mol. The Morgan fingerprint density at radius 3 is 2.47 bits per heavy atom. The molecule has 1 atom stereocenters. The largest absolute Gasteiger partial charge is 0.465 e. The van der Waals surface area contributed by atoms with Gasteiger partial charge < -0.3 is 10.5 Å². The SMILES string of the molecule is CCCCCCOC(=O)C(C)c1ccc(CN)cc1. The first kappa shape index (κ1) is 15.7. The second kappa shape index (κ2) is 8.70. The maximum atomic E-state index is 11.9. The van der Waals surface area contributed by atoms with E-state index in [2.05, 4.69) is 6.92 Å². The third kappa shape index (κ3) is 5.43. The molecule has 0 fully saturated rings. The Bertz CT molecular complexity index is 373. The fourth-order valence-corrected chi connectivity index (χ4v) is 1.91. The van der Waals surface area contributed by atoms with Crippen LogP contribution in [0.25, 0.3) is 0 Å². The van der Waals surface area contributed by atoms with Crippen LogP contribution in [0.15, 0.2) is 24.3 Å². The summed E-state index contributed by atoms with van der Waals surface area (Å²) < 4.78 is 5.30. The molecule has 106 valence electrons. The van der Waals surface area contributed by atoms with Crippen molar-refractivity contribution in [2.75, 3.05) is 6.61 Å². The van der Waals surface area contributed by atoms with E-state index in [1.165, 1.54) is 12.8 Å². The molecule has 1 aromatic carbocycles. The first-order chi connectivity index (χ1) is 9.19. The molecule has 2 N–H and O–H groups in total. The van der Waals surface area contributed by atoms with E-state index in [1.54, 1.807) is 0 Å². The first-order valence-electron chi connectivity index (χ1n) is 7.14. The van der Waals surface area contributed by atoms with Crippen molar-refractivity contribution in [2.24, 2.45) is 5.73 Å². The summed E-state index contributed by atoms with van der Waals surface area (Å²) in [7, 11) is 0. The smallest absolute Gasteiger partial charge is 0.313 e. The van der Waals surface area contributed by atoms with Gasteiger partial charge in [-0.25, -0.2) is 0 Å². The van der Waals surface area contributed by atoms with Gasteiger partial charge in [0.1, 0.15) is 0 Å². The fraction of sp³-hybridized carbons (Fsp3) is 0.562. The molecule has 19 heavy (non-hydrogen) atoms. The topological polar surface area (TPSA) is 52.3 Å². The highest BCUT2D eigenvalue weighted by molar-refractivity contribution is 5.77. The van der Waals surface area contributed by atoms with Crippen molar-refractivity contribution in [3.05, 3.63) is 35.4 Å². The van der Waals surface area contributed by atoms with Gasteiger partial charge in [-0.2, -0.15) is 0 Å². The number of carbonyl (C=O) groups excluding carboxylic acids is 1. The van der Waals surface area contributed by atoms with Crippen LogP contribution in [0.5, 0.6) is 0 Å². The number of carbonyl (C=O) groups is 1. The lowest BCUT2D eigenvalue weighted by Crippen LogP contribution is -2.14. The quantitative estimate of drug-likeness (QED) is 0.578. The summed E-state index contributed by atoms with van der Waals surface area (Å²) in [6.45, 7) is 5.10. The van der Waals surface area contributed by atoms with Gasteiger partial charge >= 0.3 is 5.97 Å². The standard InChI is InChI=1S/C16H25NO2/c1-3-4-5-6-11-19-16(18)13(2)15-9-7-14(12-17)8-10-15/h7-10,13H,3-6,11-12,17H2,1-2H3. The van der Waals surface area contributed by atoms with Crippen LogP contribution in [0.2, 0.25) is 0 Å². The van der Waals surface area contributed by atoms with Crippen molar-refractivity contribution in [1.29, 1.82) is 0 Å². The van der Waals surface area contributed by atoms with Crippen molar-refractivity contribution in [3.8, 4) is 0 Å². The zero-order chi connectivity index (χ0) is 14.1. The van der Waals surface area contributed by atoms with Gasteiger partial charge in [0.2, 0.25) is 0 Å². The summed E-state index contributed by atoms with van der Waals surface area (Å²) in [4.78, 5) is 11.9. The number of unbranched alkanes of at least 4 members (excludes halogenated alkanes) is 3. The Morgan fingerprint density at radius 2 is 1.89 bits per heavy atom. The molecule has 0 aliphatic heterocycles. The van der Waals surface area contributed by atoms with E-state index in [0.29, 0.717) is 13.2 Å². The fourth-order valence-electron chi connectivity index (χ4n) is 1.91. The van der Waals surface area contributed by atoms with E-state index in [0.717, 1.165) is 24.0 Å². The summed E-state index contributed by atoms with van der Waals surface area (Å²) in [5, 5.41) is 0. The molecule has 0 saturated heterocycles. The van der Waals surface area contributed by atoms with Crippen molar-refractivity contribution in [2.45, 2.75) is 52.0 Å². The Morgan fingerprint density at radius 1 is 1.21 bits per heavy atom. The highest BCUT2D eigenvalue weighted by Crippen LogP contribution is 2.17. The normalized spacial score (nSPS) is 12.2. The molecule has 1 aromatic rings. The third-order valence-electron chi connectivity index (χ3n) is 3.31. The van der Waals surface area contributed by atoms with Gasteiger partial charge in [0.05, 0.1) is 12.5 Å². The molecule has 0 aromatic heterocycles. The van der Waals surface area contributed by atoms with Gasteiger partial charge in [-0.3, -0.25) is 4.79 Å². The maximum Gasteiger partial charge on any atom is 0.313 e. The van der Waals surface area contributed by atoms with Crippen LogP contribution in [-0.4, -0.2) is 12.6 Å². The van der Waals surface area contributed by atoms with Gasteiger partial charge in [-0.05, 0) is 24.5 Å². The Hall–Kier alpha value is -1.35. The number of hydrogen-bond acceptors (Lipinski definition) is 3. The molecule has 0 radical (unpaired) electrons. The van der Waals surface area contributed by atoms with Crippen LogP contribution >= 0.6 is 0 Å². The molecule has 0 aliphatic carbocycles. The molecular formula is C16H25NO2. The molecule has 0 aliphatic rings. The second-order valence-corrected chi connectivity index (χ2v) is 4.90. The van der Waals surface area contributed by atoms with Crippen LogP contribution in [-0.2, 0) is 16.1 Å². The van der Waals surface area contributed by atoms with E-state index in [9.17, 15) is 4.79 Å². The van der Waals surface area contributed by atoms with Crippen LogP contribution in [0, 0.1) is 0 Å². The van der Waals surface area contributed by atoms with Crippen molar-refractivity contribution in [1.82, 2.24) is 0 Å². The number of hydrogen-bond donors (Lipinski definition) is 1. The van der Waals surface area contributed by atoms with E-state index >= 15 is 0 Å². The molecule has 3 nitrogen and oxygen atoms in total. The highest BCUT2D eigenvalue weighted by Gasteiger charge is 2.16. The van der Waals surface area contributed by atoms with Crippen LogP contribution in [0.1, 0.15) is 56.6 Å². The van der Waals surface area contributed by atoms with Crippen molar-refractivity contribution in [3.63, 3.8) is 0 Å². The van der Waals surface area contributed by atoms with Gasteiger partial charge in [-0.1, -0.05) is 50.5 Å². The number of nitrogens with two attached hydrogens (primary N) is 1. The number of benzene rings is 1. The minimum Gasteiger partial charge on any atom is -0.465 e. The van der Waals surface area contributed by atoms with E-state index < -0.39 is 0 Å². The zero-order valence-corrected chi connectivity index (χ0v) is 12.0. The van der Waals surface area contributed by atoms with Gasteiger partial charge in [0.15, 0.2) is 0 Å². The molecule has 0 spiro atoms. The molecule has 0 bridgehead atoms. The van der Waals surface area contributed by atoms with E-state index in [4.69, 9.17) is 10.5 Å². The average Bonchev–Trinajstić information content (AvgIpc) is 2.46. The Balaban J connectivity index is 2.38. The summed E-state index contributed by atoms with van der Waals surface area (Å²) >= 11 is 0. The monoisotopic (exact) mass is 263 g/mol. The lowest BCUT2D eigenvalue weighted by Gasteiger charge is -2.12. The van der Waals surface area contributed by atoms with Gasteiger partial charge in [-0.15, -0.1) is 0 Å². The molecule has 0 saturated carbocycles. The van der Waals surface area contributed by atoms with Crippen LogP contribution in [0.3, 0.4) is 0 Å². The molecule has 1 rings (SSSR count). The summed E-state index contributed by atoms with van der Waals surface area (Å²) in [5.74, 6) is -0.352. The number of rotatable bonds is 8. The van der Waals surface area contributed by atoms with Gasteiger partial charge in [0.25, 0.3) is 0 Å². The minimum atomic E-state index is -0.210.